The van der Waals surface area contributed by atoms with Crippen LogP contribution in [0.5, 0.6) is 0 Å². The summed E-state index contributed by atoms with van der Waals surface area (Å²) in [6, 6.07) is 9.87. The molecule has 0 atom stereocenters. The molecule has 1 aliphatic rings. The van der Waals surface area contributed by atoms with Crippen LogP contribution in [0.3, 0.4) is 0 Å². The maximum absolute atomic E-state index is 12.0. The minimum Gasteiger partial charge on any atom is -0.376 e. The Balaban J connectivity index is 1.79. The number of carbonyl (C=O) groups excluding carboxylic acids is 1. The number of nitrogens with zero attached hydrogens (tertiary/aromatic N) is 1. The summed E-state index contributed by atoms with van der Waals surface area (Å²) in [5.74, 6) is 0.203. The van der Waals surface area contributed by atoms with Crippen molar-refractivity contribution in [2.75, 3.05) is 25.0 Å². The third kappa shape index (κ3) is 3.49. The number of para-hydroxylation sites is 1. The molecule has 18 heavy (non-hydrogen) atoms. The molecule has 0 radical (unpaired) electrons. The molecule has 1 aliphatic heterocycles. The van der Waals surface area contributed by atoms with Crippen molar-refractivity contribution in [3.05, 3.63) is 30.3 Å². The number of amides is 1. The van der Waals surface area contributed by atoms with Crippen molar-refractivity contribution in [2.24, 2.45) is 5.41 Å². The number of hydrogen-bond acceptors (Lipinski definition) is 2. The SMILES string of the molecule is CC1(C)CCN(C(=O)CNc2ccccc2)CC1. The van der Waals surface area contributed by atoms with Crippen molar-refractivity contribution >= 4 is 11.6 Å². The quantitative estimate of drug-likeness (QED) is 0.889. The first kappa shape index (κ1) is 12.9. The molecule has 0 unspecified atom stereocenters. The predicted octanol–water partition coefficient (Wildman–Crippen LogP) is 2.75. The van der Waals surface area contributed by atoms with E-state index < -0.39 is 0 Å². The molecule has 1 aromatic carbocycles. The van der Waals surface area contributed by atoms with Crippen LogP contribution in [0.2, 0.25) is 0 Å². The van der Waals surface area contributed by atoms with E-state index in [4.69, 9.17) is 0 Å². The number of likely N-dealkylation sites (tertiary alicyclic amines) is 1. The Morgan fingerprint density at radius 2 is 1.83 bits per heavy atom. The van der Waals surface area contributed by atoms with E-state index in [-0.39, 0.29) is 5.91 Å². The number of hydrogen-bond donors (Lipinski definition) is 1. The highest BCUT2D eigenvalue weighted by atomic mass is 16.2. The van der Waals surface area contributed by atoms with Crippen molar-refractivity contribution in [3.8, 4) is 0 Å². The van der Waals surface area contributed by atoms with Gasteiger partial charge in [0, 0.05) is 18.8 Å². The summed E-state index contributed by atoms with van der Waals surface area (Å²) in [6.07, 6.45) is 2.20. The van der Waals surface area contributed by atoms with Gasteiger partial charge in [-0.15, -0.1) is 0 Å². The second-order valence-electron chi connectivity index (χ2n) is 5.76. The normalized spacial score (nSPS) is 18.4. The van der Waals surface area contributed by atoms with Gasteiger partial charge >= 0.3 is 0 Å². The van der Waals surface area contributed by atoms with Crippen LogP contribution in [-0.2, 0) is 4.79 Å². The average Bonchev–Trinajstić information content (AvgIpc) is 2.37. The highest BCUT2D eigenvalue weighted by molar-refractivity contribution is 5.80. The van der Waals surface area contributed by atoms with Crippen LogP contribution in [0.1, 0.15) is 26.7 Å². The fourth-order valence-corrected chi connectivity index (χ4v) is 2.21. The van der Waals surface area contributed by atoms with Crippen LogP contribution in [0, 0.1) is 5.41 Å². The van der Waals surface area contributed by atoms with Gasteiger partial charge in [-0.2, -0.15) is 0 Å². The minimum absolute atomic E-state index is 0.203. The number of nitrogens with one attached hydrogen (secondary N) is 1. The summed E-state index contributed by atoms with van der Waals surface area (Å²) in [7, 11) is 0. The molecule has 98 valence electrons. The van der Waals surface area contributed by atoms with E-state index in [1.807, 2.05) is 35.2 Å². The molecule has 1 saturated heterocycles. The maximum atomic E-state index is 12.0. The van der Waals surface area contributed by atoms with Gasteiger partial charge in [0.2, 0.25) is 5.91 Å². The maximum Gasteiger partial charge on any atom is 0.241 e. The molecule has 0 saturated carbocycles. The molecule has 1 heterocycles. The lowest BCUT2D eigenvalue weighted by Gasteiger charge is -2.37. The Morgan fingerprint density at radius 1 is 1.22 bits per heavy atom. The van der Waals surface area contributed by atoms with Crippen LogP contribution in [-0.4, -0.2) is 30.4 Å². The average molecular weight is 246 g/mol. The standard InChI is InChI=1S/C15H22N2O/c1-15(2)8-10-17(11-9-15)14(18)12-16-13-6-4-3-5-7-13/h3-7,16H,8-12H2,1-2H3. The van der Waals surface area contributed by atoms with Crippen molar-refractivity contribution in [1.29, 1.82) is 0 Å². The third-order valence-corrected chi connectivity index (χ3v) is 3.69. The van der Waals surface area contributed by atoms with Gasteiger partial charge in [-0.05, 0) is 30.4 Å². The first-order chi connectivity index (χ1) is 8.57. The lowest BCUT2D eigenvalue weighted by molar-refractivity contribution is -0.131. The molecule has 0 aromatic heterocycles. The predicted molar refractivity (Wildman–Crippen MR) is 74.5 cm³/mol. The molecule has 3 heteroatoms. The second kappa shape index (κ2) is 5.42. The van der Waals surface area contributed by atoms with E-state index in [0.717, 1.165) is 31.6 Å². The monoisotopic (exact) mass is 246 g/mol. The van der Waals surface area contributed by atoms with Gasteiger partial charge in [0.05, 0.1) is 6.54 Å². The third-order valence-electron chi connectivity index (χ3n) is 3.69. The van der Waals surface area contributed by atoms with Crippen LogP contribution >= 0.6 is 0 Å². The number of rotatable bonds is 3. The summed E-state index contributed by atoms with van der Waals surface area (Å²) >= 11 is 0. The zero-order chi connectivity index (χ0) is 13.0. The molecule has 1 fully saturated rings. The van der Waals surface area contributed by atoms with Gasteiger partial charge in [0.25, 0.3) is 0 Å². The lowest BCUT2D eigenvalue weighted by Crippen LogP contribution is -2.43. The Labute approximate surface area is 109 Å². The molecule has 1 N–H and O–H groups in total. The van der Waals surface area contributed by atoms with Crippen LogP contribution in [0.15, 0.2) is 30.3 Å². The van der Waals surface area contributed by atoms with Gasteiger partial charge in [-0.3, -0.25) is 4.79 Å². The highest BCUT2D eigenvalue weighted by Crippen LogP contribution is 2.29. The highest BCUT2D eigenvalue weighted by Gasteiger charge is 2.27. The van der Waals surface area contributed by atoms with E-state index >= 15 is 0 Å². The fourth-order valence-electron chi connectivity index (χ4n) is 2.21. The van der Waals surface area contributed by atoms with E-state index in [9.17, 15) is 4.79 Å². The van der Waals surface area contributed by atoms with Gasteiger partial charge < -0.3 is 10.2 Å². The number of piperidine rings is 1. The minimum atomic E-state index is 0.203. The van der Waals surface area contributed by atoms with E-state index in [2.05, 4.69) is 19.2 Å². The van der Waals surface area contributed by atoms with Crippen LogP contribution < -0.4 is 5.32 Å². The zero-order valence-corrected chi connectivity index (χ0v) is 11.3. The van der Waals surface area contributed by atoms with Crippen molar-refractivity contribution in [1.82, 2.24) is 4.90 Å². The topological polar surface area (TPSA) is 32.3 Å². The van der Waals surface area contributed by atoms with Gasteiger partial charge in [-0.1, -0.05) is 32.0 Å². The molecule has 2 rings (SSSR count). The summed E-state index contributed by atoms with van der Waals surface area (Å²) in [5, 5.41) is 3.17. The van der Waals surface area contributed by atoms with E-state index in [1.54, 1.807) is 0 Å². The summed E-state index contributed by atoms with van der Waals surface area (Å²) in [5.41, 5.74) is 1.40. The van der Waals surface area contributed by atoms with Crippen molar-refractivity contribution in [2.45, 2.75) is 26.7 Å². The Hall–Kier alpha value is -1.51. The van der Waals surface area contributed by atoms with Gasteiger partial charge in [-0.25, -0.2) is 0 Å². The van der Waals surface area contributed by atoms with Crippen molar-refractivity contribution < 1.29 is 4.79 Å². The Kier molecular flexibility index (Phi) is 3.90. The molecule has 1 amide bonds. The van der Waals surface area contributed by atoms with Gasteiger partial charge in [0.1, 0.15) is 0 Å². The second-order valence-corrected chi connectivity index (χ2v) is 5.76. The Bertz CT molecular complexity index is 390. The van der Waals surface area contributed by atoms with Gasteiger partial charge in [0.15, 0.2) is 0 Å². The fraction of sp³-hybridized carbons (Fsp3) is 0.533. The number of anilines is 1. The molecular weight excluding hydrogens is 224 g/mol. The summed E-state index contributed by atoms with van der Waals surface area (Å²) in [6.45, 7) is 6.73. The van der Waals surface area contributed by atoms with Crippen LogP contribution in [0.4, 0.5) is 5.69 Å². The lowest BCUT2D eigenvalue weighted by atomic mass is 9.83. The molecule has 0 bridgehead atoms. The first-order valence-electron chi connectivity index (χ1n) is 6.64. The summed E-state index contributed by atoms with van der Waals surface area (Å²) < 4.78 is 0. The zero-order valence-electron chi connectivity index (χ0n) is 11.3. The Morgan fingerprint density at radius 3 is 2.44 bits per heavy atom. The first-order valence-corrected chi connectivity index (χ1v) is 6.64. The molecular formula is C15H22N2O. The van der Waals surface area contributed by atoms with Crippen molar-refractivity contribution in [3.63, 3.8) is 0 Å². The van der Waals surface area contributed by atoms with Crippen LogP contribution in [0.25, 0.3) is 0 Å². The number of benzene rings is 1. The molecule has 3 nitrogen and oxygen atoms in total. The largest absolute Gasteiger partial charge is 0.376 e. The molecule has 0 aliphatic carbocycles. The van der Waals surface area contributed by atoms with E-state index in [1.165, 1.54) is 0 Å². The number of carbonyl (C=O) groups is 1. The molecule has 1 aromatic rings. The molecule has 0 spiro atoms. The summed E-state index contributed by atoms with van der Waals surface area (Å²) in [4.78, 5) is 14.0. The van der Waals surface area contributed by atoms with E-state index in [0.29, 0.717) is 12.0 Å². The smallest absolute Gasteiger partial charge is 0.241 e.